The first-order chi connectivity index (χ1) is 9.72. The maximum Gasteiger partial charge on any atom is 0.303 e. The van der Waals surface area contributed by atoms with E-state index in [-0.39, 0.29) is 6.42 Å². The summed E-state index contributed by atoms with van der Waals surface area (Å²) >= 11 is 0. The van der Waals surface area contributed by atoms with Gasteiger partial charge in [-0.3, -0.25) is 4.79 Å². The molecule has 0 atom stereocenters. The predicted octanol–water partition coefficient (Wildman–Crippen LogP) is 4.77. The molecule has 0 aliphatic rings. The van der Waals surface area contributed by atoms with Crippen molar-refractivity contribution in [2.45, 2.75) is 45.4 Å². The van der Waals surface area contributed by atoms with Crippen molar-refractivity contribution in [3.63, 3.8) is 0 Å². The predicted molar refractivity (Wildman–Crippen MR) is 83.8 cm³/mol. The van der Waals surface area contributed by atoms with Gasteiger partial charge in [-0.15, -0.1) is 0 Å². The number of carboxylic acids is 1. The highest BCUT2D eigenvalue weighted by molar-refractivity contribution is 5.67. The van der Waals surface area contributed by atoms with Gasteiger partial charge in [0.05, 0.1) is 0 Å². The summed E-state index contributed by atoms with van der Waals surface area (Å²) in [5.41, 5.74) is 2.37. The Balaban J connectivity index is 2.60. The number of carboxylic acid groups (broad SMARTS) is 1. The van der Waals surface area contributed by atoms with Crippen molar-refractivity contribution in [1.82, 2.24) is 0 Å². The highest BCUT2D eigenvalue weighted by Gasteiger charge is 1.99. The summed E-state index contributed by atoms with van der Waals surface area (Å²) in [7, 11) is 0. The summed E-state index contributed by atoms with van der Waals surface area (Å²) in [4.78, 5) is 10.7. The molecule has 1 N–H and O–H groups in total. The van der Waals surface area contributed by atoms with Crippen molar-refractivity contribution in [2.24, 2.45) is 0 Å². The van der Waals surface area contributed by atoms with Gasteiger partial charge in [0, 0.05) is 6.42 Å². The fourth-order valence-corrected chi connectivity index (χ4v) is 1.92. The van der Waals surface area contributed by atoms with Gasteiger partial charge < -0.3 is 5.11 Å². The van der Waals surface area contributed by atoms with Crippen LogP contribution in [0, 0.1) is 0 Å². The first-order valence-electron chi connectivity index (χ1n) is 7.33. The summed E-state index contributed by atoms with van der Waals surface area (Å²) in [5, 5.41) is 8.81. The Morgan fingerprint density at radius 2 is 1.95 bits per heavy atom. The average molecular weight is 272 g/mol. The van der Waals surface area contributed by atoms with E-state index < -0.39 is 5.97 Å². The fourth-order valence-electron chi connectivity index (χ4n) is 1.92. The van der Waals surface area contributed by atoms with Crippen LogP contribution in [0.3, 0.4) is 0 Å². The zero-order chi connectivity index (χ0) is 14.6. The molecule has 0 aliphatic carbocycles. The molecule has 1 aromatic carbocycles. The number of rotatable bonds is 9. The lowest BCUT2D eigenvalue weighted by atomic mass is 10.0. The van der Waals surface area contributed by atoms with Gasteiger partial charge in [-0.25, -0.2) is 0 Å². The molecule has 2 heteroatoms. The molecule has 108 valence electrons. The number of hydrogen-bond acceptors (Lipinski definition) is 1. The molecule has 0 unspecified atom stereocenters. The van der Waals surface area contributed by atoms with Crippen LogP contribution < -0.4 is 0 Å². The lowest BCUT2D eigenvalue weighted by Crippen LogP contribution is -1.95. The van der Waals surface area contributed by atoms with E-state index in [1.165, 1.54) is 18.4 Å². The van der Waals surface area contributed by atoms with Gasteiger partial charge in [-0.05, 0) is 24.8 Å². The highest BCUT2D eigenvalue weighted by atomic mass is 16.4. The van der Waals surface area contributed by atoms with Crippen LogP contribution in [0.15, 0.2) is 54.1 Å². The maximum absolute atomic E-state index is 10.7. The number of unbranched alkanes of at least 4 members (excludes halogenated alkanes) is 2. The van der Waals surface area contributed by atoms with Gasteiger partial charge in [0.25, 0.3) is 0 Å². The van der Waals surface area contributed by atoms with Gasteiger partial charge in [0.2, 0.25) is 0 Å². The molecule has 0 amide bonds. The van der Waals surface area contributed by atoms with E-state index >= 15 is 0 Å². The molecular formula is C18H24O2. The third-order valence-electron chi connectivity index (χ3n) is 3.13. The summed E-state index contributed by atoms with van der Waals surface area (Å²) < 4.78 is 0. The molecule has 1 rings (SSSR count). The zero-order valence-electron chi connectivity index (χ0n) is 12.2. The molecule has 0 spiro atoms. The van der Waals surface area contributed by atoms with Crippen LogP contribution in [0.5, 0.6) is 0 Å². The highest BCUT2D eigenvalue weighted by Crippen LogP contribution is 2.11. The van der Waals surface area contributed by atoms with Crippen LogP contribution >= 0.6 is 0 Å². The van der Waals surface area contributed by atoms with E-state index in [0.717, 1.165) is 18.4 Å². The minimum atomic E-state index is -0.738. The first-order valence-corrected chi connectivity index (χ1v) is 7.33. The molecule has 0 aliphatic heterocycles. The number of allylic oxidation sites excluding steroid dienone is 4. The number of carbonyl (C=O) groups is 1. The third-order valence-corrected chi connectivity index (χ3v) is 3.13. The molecule has 1 aromatic rings. The van der Waals surface area contributed by atoms with Crippen molar-refractivity contribution in [3.8, 4) is 0 Å². The molecule has 2 nitrogen and oxygen atoms in total. The SMILES string of the molecule is CCCCC=CC(=CCc1ccccc1)CCC(=O)O. The fraction of sp³-hybridized carbons (Fsp3) is 0.389. The number of benzene rings is 1. The standard InChI is InChI=1S/C18H24O2/c1-2-3-4-6-11-17(14-15-18(19)20)13-12-16-9-7-5-8-10-16/h5-11,13H,2-4,12,14-15H2,1H3,(H,19,20). The van der Waals surface area contributed by atoms with E-state index in [1.807, 2.05) is 18.2 Å². The van der Waals surface area contributed by atoms with Crippen molar-refractivity contribution < 1.29 is 9.90 Å². The number of hydrogen-bond donors (Lipinski definition) is 1. The van der Waals surface area contributed by atoms with Crippen molar-refractivity contribution in [2.75, 3.05) is 0 Å². The van der Waals surface area contributed by atoms with Crippen LogP contribution in [0.25, 0.3) is 0 Å². The molecule has 0 saturated carbocycles. The minimum absolute atomic E-state index is 0.193. The summed E-state index contributed by atoms with van der Waals surface area (Å²) in [6, 6.07) is 10.2. The van der Waals surface area contributed by atoms with Crippen molar-refractivity contribution >= 4 is 5.97 Å². The lowest BCUT2D eigenvalue weighted by Gasteiger charge is -2.02. The minimum Gasteiger partial charge on any atom is -0.481 e. The zero-order valence-corrected chi connectivity index (χ0v) is 12.2. The van der Waals surface area contributed by atoms with Gasteiger partial charge in [0.1, 0.15) is 0 Å². The molecule has 0 bridgehead atoms. The van der Waals surface area contributed by atoms with Crippen LogP contribution in [-0.4, -0.2) is 11.1 Å². The van der Waals surface area contributed by atoms with Crippen LogP contribution in [0.2, 0.25) is 0 Å². The Morgan fingerprint density at radius 1 is 1.20 bits per heavy atom. The second-order valence-corrected chi connectivity index (χ2v) is 4.91. The second-order valence-electron chi connectivity index (χ2n) is 4.91. The smallest absolute Gasteiger partial charge is 0.303 e. The first kappa shape index (κ1) is 16.2. The van der Waals surface area contributed by atoms with Gasteiger partial charge in [-0.1, -0.05) is 73.9 Å². The normalized spacial score (nSPS) is 11.9. The largest absolute Gasteiger partial charge is 0.481 e. The van der Waals surface area contributed by atoms with Crippen molar-refractivity contribution in [1.29, 1.82) is 0 Å². The van der Waals surface area contributed by atoms with E-state index in [0.29, 0.717) is 6.42 Å². The van der Waals surface area contributed by atoms with E-state index in [4.69, 9.17) is 5.11 Å². The Bertz CT molecular complexity index is 444. The molecule has 0 saturated heterocycles. The maximum atomic E-state index is 10.7. The second kappa shape index (κ2) is 10.0. The topological polar surface area (TPSA) is 37.3 Å². The Kier molecular flexibility index (Phi) is 8.13. The molecular weight excluding hydrogens is 248 g/mol. The summed E-state index contributed by atoms with van der Waals surface area (Å²) in [6.07, 6.45) is 11.5. The molecule has 0 radical (unpaired) electrons. The van der Waals surface area contributed by atoms with Gasteiger partial charge in [0.15, 0.2) is 0 Å². The van der Waals surface area contributed by atoms with E-state index in [9.17, 15) is 4.79 Å². The van der Waals surface area contributed by atoms with Gasteiger partial charge >= 0.3 is 5.97 Å². The molecule has 20 heavy (non-hydrogen) atoms. The van der Waals surface area contributed by atoms with Crippen molar-refractivity contribution in [3.05, 3.63) is 59.7 Å². The van der Waals surface area contributed by atoms with Crippen LogP contribution in [0.4, 0.5) is 0 Å². The third kappa shape index (κ3) is 7.57. The monoisotopic (exact) mass is 272 g/mol. The molecule has 0 fully saturated rings. The molecule has 0 heterocycles. The van der Waals surface area contributed by atoms with Crippen LogP contribution in [-0.2, 0) is 11.2 Å². The number of aliphatic carboxylic acids is 1. The van der Waals surface area contributed by atoms with E-state index in [2.05, 4.69) is 37.3 Å². The molecule has 0 aromatic heterocycles. The summed E-state index contributed by atoms with van der Waals surface area (Å²) in [6.45, 7) is 2.17. The van der Waals surface area contributed by atoms with E-state index in [1.54, 1.807) is 0 Å². The average Bonchev–Trinajstić information content (AvgIpc) is 2.46. The lowest BCUT2D eigenvalue weighted by molar-refractivity contribution is -0.136. The summed E-state index contributed by atoms with van der Waals surface area (Å²) in [5.74, 6) is -0.738. The Hall–Kier alpha value is -1.83. The Morgan fingerprint density at radius 3 is 2.60 bits per heavy atom. The van der Waals surface area contributed by atoms with Crippen LogP contribution in [0.1, 0.15) is 44.6 Å². The van der Waals surface area contributed by atoms with Gasteiger partial charge in [-0.2, -0.15) is 0 Å². The quantitative estimate of drug-likeness (QED) is 0.519. The Labute approximate surface area is 121 Å².